The number of hydrogen-bond donors (Lipinski definition) is 3. The number of halogens is 3. The Hall–Kier alpha value is -2.07. The zero-order valence-electron chi connectivity index (χ0n) is 10.1. The Morgan fingerprint density at radius 1 is 1.15 bits per heavy atom. The third-order valence-corrected chi connectivity index (χ3v) is 2.63. The summed E-state index contributed by atoms with van der Waals surface area (Å²) in [6.45, 7) is 0. The second kappa shape index (κ2) is 5.92. The SMILES string of the molecule is COc1nc(NN)nc(Nc2c(F)cc(Br)cc2F)n1. The molecule has 0 saturated carbocycles. The van der Waals surface area contributed by atoms with Gasteiger partial charge in [0.1, 0.15) is 5.69 Å². The van der Waals surface area contributed by atoms with E-state index in [0.29, 0.717) is 0 Å². The first kappa shape index (κ1) is 14.3. The van der Waals surface area contributed by atoms with Crippen LogP contribution in [0, 0.1) is 11.6 Å². The normalized spacial score (nSPS) is 10.2. The number of methoxy groups -OCH3 is 1. The number of nitrogens with zero attached hydrogens (tertiary/aromatic N) is 3. The van der Waals surface area contributed by atoms with Crippen LogP contribution in [0.5, 0.6) is 6.01 Å². The molecule has 0 aliphatic rings. The Bertz CT molecular complexity index is 596. The molecule has 0 unspecified atom stereocenters. The summed E-state index contributed by atoms with van der Waals surface area (Å²) in [7, 11) is 1.33. The molecular weight excluding hydrogens is 338 g/mol. The number of hydrogen-bond acceptors (Lipinski definition) is 7. The average molecular weight is 347 g/mol. The molecule has 0 aliphatic heterocycles. The van der Waals surface area contributed by atoms with Gasteiger partial charge in [0.2, 0.25) is 11.9 Å². The third kappa shape index (κ3) is 3.08. The van der Waals surface area contributed by atoms with Crippen molar-refractivity contribution in [3.63, 3.8) is 0 Å². The van der Waals surface area contributed by atoms with Crippen LogP contribution in [0.2, 0.25) is 0 Å². The van der Waals surface area contributed by atoms with Crippen LogP contribution in [0.3, 0.4) is 0 Å². The van der Waals surface area contributed by atoms with E-state index in [0.717, 1.165) is 12.1 Å². The Labute approximate surface area is 120 Å². The van der Waals surface area contributed by atoms with Crippen molar-refractivity contribution in [1.82, 2.24) is 15.0 Å². The lowest BCUT2D eigenvalue weighted by Gasteiger charge is -2.09. The summed E-state index contributed by atoms with van der Waals surface area (Å²) >= 11 is 2.98. The number of hydrazine groups is 1. The van der Waals surface area contributed by atoms with Crippen LogP contribution in [0.15, 0.2) is 16.6 Å². The number of nitrogens with two attached hydrogens (primary N) is 1. The van der Waals surface area contributed by atoms with Crippen molar-refractivity contribution in [2.24, 2.45) is 5.84 Å². The topological polar surface area (TPSA) is 98.0 Å². The van der Waals surface area contributed by atoms with Crippen LogP contribution >= 0.6 is 15.9 Å². The Balaban J connectivity index is 2.39. The van der Waals surface area contributed by atoms with Crippen molar-refractivity contribution in [1.29, 1.82) is 0 Å². The predicted molar refractivity (Wildman–Crippen MR) is 71.5 cm³/mol. The van der Waals surface area contributed by atoms with E-state index in [4.69, 9.17) is 10.6 Å². The number of nitrogen functional groups attached to an aromatic ring is 1. The molecule has 2 rings (SSSR count). The first-order valence-corrected chi connectivity index (χ1v) is 6.01. The summed E-state index contributed by atoms with van der Waals surface area (Å²) in [5, 5.41) is 2.41. The zero-order chi connectivity index (χ0) is 14.7. The highest BCUT2D eigenvalue weighted by atomic mass is 79.9. The summed E-state index contributed by atoms with van der Waals surface area (Å²) in [5.74, 6) is 3.42. The molecule has 0 atom stereocenters. The van der Waals surface area contributed by atoms with Crippen LogP contribution in [0.4, 0.5) is 26.4 Å². The second-order valence-electron chi connectivity index (χ2n) is 3.48. The van der Waals surface area contributed by atoms with Crippen LogP contribution in [0.25, 0.3) is 0 Å². The monoisotopic (exact) mass is 346 g/mol. The molecule has 2 aromatic rings. The lowest BCUT2D eigenvalue weighted by atomic mass is 10.3. The minimum Gasteiger partial charge on any atom is -0.467 e. The summed E-state index contributed by atoms with van der Waals surface area (Å²) < 4.78 is 32.5. The van der Waals surface area contributed by atoms with Gasteiger partial charge in [-0.05, 0) is 12.1 Å². The van der Waals surface area contributed by atoms with Gasteiger partial charge in [-0.25, -0.2) is 14.6 Å². The van der Waals surface area contributed by atoms with Crippen molar-refractivity contribution < 1.29 is 13.5 Å². The molecule has 0 radical (unpaired) electrons. The zero-order valence-corrected chi connectivity index (χ0v) is 11.7. The first-order valence-electron chi connectivity index (χ1n) is 5.21. The van der Waals surface area contributed by atoms with Gasteiger partial charge < -0.3 is 10.1 Å². The quantitative estimate of drug-likeness (QED) is 0.574. The molecule has 7 nitrogen and oxygen atoms in total. The minimum atomic E-state index is -0.807. The molecule has 0 bridgehead atoms. The van der Waals surface area contributed by atoms with E-state index >= 15 is 0 Å². The van der Waals surface area contributed by atoms with E-state index in [1.165, 1.54) is 7.11 Å². The number of aromatic nitrogens is 3. The maximum Gasteiger partial charge on any atom is 0.322 e. The summed E-state index contributed by atoms with van der Waals surface area (Å²) in [5.41, 5.74) is 1.79. The molecule has 1 aromatic heterocycles. The van der Waals surface area contributed by atoms with E-state index < -0.39 is 17.3 Å². The molecule has 1 aromatic carbocycles. The highest BCUT2D eigenvalue weighted by Crippen LogP contribution is 2.26. The number of rotatable bonds is 4. The first-order chi connectivity index (χ1) is 9.53. The van der Waals surface area contributed by atoms with Gasteiger partial charge in [-0.3, -0.25) is 5.43 Å². The third-order valence-electron chi connectivity index (χ3n) is 2.17. The maximum atomic E-state index is 13.7. The molecule has 1 heterocycles. The lowest BCUT2D eigenvalue weighted by molar-refractivity contribution is 0.379. The van der Waals surface area contributed by atoms with E-state index in [-0.39, 0.29) is 22.4 Å². The van der Waals surface area contributed by atoms with Crippen LogP contribution in [-0.4, -0.2) is 22.1 Å². The summed E-state index contributed by atoms with van der Waals surface area (Å²) in [6, 6.07) is 2.14. The van der Waals surface area contributed by atoms with Gasteiger partial charge in [0.15, 0.2) is 11.6 Å². The number of ether oxygens (including phenoxy) is 1. The summed E-state index contributed by atoms with van der Waals surface area (Å²) in [6.07, 6.45) is 0. The maximum absolute atomic E-state index is 13.7. The van der Waals surface area contributed by atoms with Crippen molar-refractivity contribution in [2.75, 3.05) is 17.9 Å². The van der Waals surface area contributed by atoms with E-state index in [2.05, 4.69) is 41.6 Å². The molecule has 106 valence electrons. The van der Waals surface area contributed by atoms with E-state index in [9.17, 15) is 8.78 Å². The fourth-order valence-corrected chi connectivity index (χ4v) is 1.74. The molecule has 0 fully saturated rings. The molecule has 0 amide bonds. The minimum absolute atomic E-state index is 0.0164. The lowest BCUT2D eigenvalue weighted by Crippen LogP contribution is -2.13. The Morgan fingerprint density at radius 3 is 2.30 bits per heavy atom. The van der Waals surface area contributed by atoms with E-state index in [1.54, 1.807) is 0 Å². The summed E-state index contributed by atoms with van der Waals surface area (Å²) in [4.78, 5) is 11.4. The Kier molecular flexibility index (Phi) is 4.25. The molecule has 20 heavy (non-hydrogen) atoms. The van der Waals surface area contributed by atoms with Crippen LogP contribution < -0.4 is 21.3 Å². The molecule has 4 N–H and O–H groups in total. The van der Waals surface area contributed by atoms with Gasteiger partial charge >= 0.3 is 6.01 Å². The van der Waals surface area contributed by atoms with Crippen LogP contribution in [-0.2, 0) is 0 Å². The number of nitrogens with one attached hydrogen (secondary N) is 2. The standard InChI is InChI=1S/C10H9BrF2N6O/c1-20-10-17-8(16-9(18-10)19-14)15-7-5(12)2-4(11)3-6(7)13/h2-3H,14H2,1H3,(H2,15,16,17,18,19). The number of benzene rings is 1. The molecule has 0 saturated heterocycles. The predicted octanol–water partition coefficient (Wildman–Crippen LogP) is 1.95. The van der Waals surface area contributed by atoms with Gasteiger partial charge in [-0.2, -0.15) is 15.0 Å². The molecule has 0 aliphatic carbocycles. The average Bonchev–Trinajstić information content (AvgIpc) is 2.42. The van der Waals surface area contributed by atoms with Gasteiger partial charge in [0.05, 0.1) is 7.11 Å². The van der Waals surface area contributed by atoms with Gasteiger partial charge in [-0.1, -0.05) is 15.9 Å². The van der Waals surface area contributed by atoms with Crippen molar-refractivity contribution >= 4 is 33.5 Å². The fraction of sp³-hybridized carbons (Fsp3) is 0.100. The van der Waals surface area contributed by atoms with Gasteiger partial charge in [0.25, 0.3) is 0 Å². The highest BCUT2D eigenvalue weighted by molar-refractivity contribution is 9.10. The smallest absolute Gasteiger partial charge is 0.322 e. The van der Waals surface area contributed by atoms with Gasteiger partial charge in [0, 0.05) is 4.47 Å². The van der Waals surface area contributed by atoms with Crippen LogP contribution in [0.1, 0.15) is 0 Å². The largest absolute Gasteiger partial charge is 0.467 e. The van der Waals surface area contributed by atoms with Gasteiger partial charge in [-0.15, -0.1) is 0 Å². The number of anilines is 3. The van der Waals surface area contributed by atoms with Crippen molar-refractivity contribution in [3.05, 3.63) is 28.2 Å². The molecular formula is C10H9BrF2N6O. The fourth-order valence-electron chi connectivity index (χ4n) is 1.34. The van der Waals surface area contributed by atoms with Crippen molar-refractivity contribution in [2.45, 2.75) is 0 Å². The molecule has 0 spiro atoms. The molecule has 10 heteroatoms. The van der Waals surface area contributed by atoms with E-state index in [1.807, 2.05) is 0 Å². The Morgan fingerprint density at radius 2 is 1.75 bits per heavy atom. The highest BCUT2D eigenvalue weighted by Gasteiger charge is 2.13. The van der Waals surface area contributed by atoms with Crippen molar-refractivity contribution in [3.8, 4) is 6.01 Å². The second-order valence-corrected chi connectivity index (χ2v) is 4.40.